The highest BCUT2D eigenvalue weighted by atomic mass is 32.2. The second-order valence-electron chi connectivity index (χ2n) is 16.4. The van der Waals surface area contributed by atoms with Gasteiger partial charge in [-0.1, -0.05) is 17.7 Å². The van der Waals surface area contributed by atoms with Gasteiger partial charge in [-0.25, -0.2) is 4.79 Å². The molecule has 2 aliphatic heterocycles. The number of aromatic nitrogens is 1. The summed E-state index contributed by atoms with van der Waals surface area (Å²) in [6.45, 7) is 14.4. The van der Waals surface area contributed by atoms with Crippen LogP contribution in [0.1, 0.15) is 104 Å². The van der Waals surface area contributed by atoms with Crippen molar-refractivity contribution in [1.29, 1.82) is 0 Å². The van der Waals surface area contributed by atoms with E-state index in [-0.39, 0.29) is 49.0 Å². The van der Waals surface area contributed by atoms with E-state index in [0.717, 1.165) is 18.4 Å². The molecule has 3 amide bonds. The zero-order valence-electron chi connectivity index (χ0n) is 33.3. The number of rotatable bonds is 14. The summed E-state index contributed by atoms with van der Waals surface area (Å²) in [4.78, 5) is 60.3. The van der Waals surface area contributed by atoms with Crippen LogP contribution in [0.3, 0.4) is 0 Å². The first-order valence-electron chi connectivity index (χ1n) is 19.1. The Balaban J connectivity index is 1.32. The molecular weight excluding hydrogens is 729 g/mol. The van der Waals surface area contributed by atoms with Crippen LogP contribution in [0.25, 0.3) is 0 Å². The van der Waals surface area contributed by atoms with Crippen LogP contribution >= 0.6 is 0 Å². The summed E-state index contributed by atoms with van der Waals surface area (Å²) in [6.07, 6.45) is 6.44. The van der Waals surface area contributed by atoms with Gasteiger partial charge in [-0.05, 0) is 110 Å². The van der Waals surface area contributed by atoms with E-state index >= 15 is 0 Å². The Hall–Kier alpha value is -4.24. The van der Waals surface area contributed by atoms with Crippen molar-refractivity contribution < 1.29 is 46.0 Å². The molecule has 0 spiro atoms. The van der Waals surface area contributed by atoms with Gasteiger partial charge >= 0.3 is 12.1 Å². The van der Waals surface area contributed by atoms with Crippen LogP contribution < -0.4 is 10.1 Å². The van der Waals surface area contributed by atoms with Gasteiger partial charge in [0, 0.05) is 38.8 Å². The lowest BCUT2D eigenvalue weighted by Gasteiger charge is -2.35. The maximum atomic E-state index is 13.8. The van der Waals surface area contributed by atoms with Crippen LogP contribution in [0.5, 0.6) is 5.75 Å². The summed E-state index contributed by atoms with van der Waals surface area (Å²) >= 11 is 0. The molecule has 4 rings (SSSR count). The quantitative estimate of drug-likeness (QED) is 0.141. The maximum Gasteiger partial charge on any atom is 0.410 e. The van der Waals surface area contributed by atoms with Gasteiger partial charge in [0.2, 0.25) is 11.8 Å². The van der Waals surface area contributed by atoms with Crippen molar-refractivity contribution in [2.45, 2.75) is 116 Å². The van der Waals surface area contributed by atoms with Crippen molar-refractivity contribution >= 4 is 34.0 Å². The zero-order valence-corrected chi connectivity index (χ0v) is 34.1. The van der Waals surface area contributed by atoms with Gasteiger partial charge in [0.1, 0.15) is 30.2 Å². The first-order chi connectivity index (χ1) is 25.8. The summed E-state index contributed by atoms with van der Waals surface area (Å²) in [5.41, 5.74) is 0.123. The van der Waals surface area contributed by atoms with E-state index in [9.17, 15) is 27.6 Å². The Bertz CT molecular complexity index is 1730. The number of esters is 1. The summed E-state index contributed by atoms with van der Waals surface area (Å²) in [5.74, 6) is -0.661. The number of pyridine rings is 1. The molecule has 1 N–H and O–H groups in total. The third-order valence-corrected chi connectivity index (χ3v) is 10.6. The minimum absolute atomic E-state index is 0.00192. The molecule has 55 heavy (non-hydrogen) atoms. The number of carbonyl (C=O) groups excluding carboxylic acids is 4. The number of hydrogen-bond acceptors (Lipinski definition) is 11. The normalized spacial score (nSPS) is 17.6. The number of carbonyl (C=O) groups is 4. The van der Waals surface area contributed by atoms with E-state index in [4.69, 9.17) is 18.4 Å². The van der Waals surface area contributed by atoms with Crippen LogP contribution in [-0.2, 0) is 38.2 Å². The van der Waals surface area contributed by atoms with E-state index in [2.05, 4.69) is 10.3 Å². The van der Waals surface area contributed by atoms with Crippen LogP contribution in [0, 0.1) is 18.8 Å². The topological polar surface area (TPSA) is 171 Å². The van der Waals surface area contributed by atoms with E-state index in [1.807, 2.05) is 27.7 Å². The number of ether oxygens (including phenoxy) is 3. The molecule has 3 heterocycles. The van der Waals surface area contributed by atoms with Crippen molar-refractivity contribution in [2.75, 3.05) is 39.4 Å². The van der Waals surface area contributed by atoms with Crippen molar-refractivity contribution in [3.05, 3.63) is 53.9 Å². The van der Waals surface area contributed by atoms with E-state index in [1.54, 1.807) is 48.8 Å². The average Bonchev–Trinajstić information content (AvgIpc) is 3.11. The molecule has 15 heteroatoms. The predicted octanol–water partition coefficient (Wildman–Crippen LogP) is 5.73. The standard InChI is InChI=1S/C40H58N4O10S/c1-28-10-13-33(14-11-28)55(49,50)52-22-21-51-32-23-31(25-41-26-32)34(24-36(46)53-39(2,3)4)42-37(47)30-9-8-18-44(27-30)35(45)15-12-29-16-19-43(20-17-29)38(48)54-40(5,6)7/h10-11,13-14,23,25-26,29-30,34H,8-9,12,15-22,24,27H2,1-7H3,(H,42,47)/t30-,34?/m1/s1. The molecule has 2 aromatic rings. The number of hydrogen-bond donors (Lipinski definition) is 1. The molecule has 2 atom stereocenters. The van der Waals surface area contributed by atoms with Gasteiger partial charge in [-0.2, -0.15) is 8.42 Å². The Morgan fingerprint density at radius 2 is 1.56 bits per heavy atom. The highest BCUT2D eigenvalue weighted by Crippen LogP contribution is 2.27. The van der Waals surface area contributed by atoms with E-state index in [1.165, 1.54) is 24.5 Å². The molecule has 14 nitrogen and oxygen atoms in total. The molecule has 0 aliphatic carbocycles. The lowest BCUT2D eigenvalue weighted by Crippen LogP contribution is -2.46. The molecule has 0 saturated carbocycles. The third-order valence-electron chi connectivity index (χ3n) is 9.32. The average molecular weight is 787 g/mol. The smallest absolute Gasteiger partial charge is 0.410 e. The van der Waals surface area contributed by atoms with Crippen molar-refractivity contribution in [3.63, 3.8) is 0 Å². The summed E-state index contributed by atoms with van der Waals surface area (Å²) in [6, 6.07) is 7.14. The lowest BCUT2D eigenvalue weighted by atomic mass is 9.91. The Morgan fingerprint density at radius 3 is 2.22 bits per heavy atom. The maximum absolute atomic E-state index is 13.8. The number of benzene rings is 1. The van der Waals surface area contributed by atoms with Gasteiger partial charge in [0.15, 0.2) is 0 Å². The molecule has 0 radical (unpaired) electrons. The first kappa shape index (κ1) is 43.5. The molecule has 1 aromatic carbocycles. The van der Waals surface area contributed by atoms with Crippen LogP contribution in [0.15, 0.2) is 47.6 Å². The van der Waals surface area contributed by atoms with Crippen molar-refractivity contribution in [1.82, 2.24) is 20.1 Å². The van der Waals surface area contributed by atoms with Gasteiger partial charge in [0.25, 0.3) is 10.1 Å². The lowest BCUT2D eigenvalue weighted by molar-refractivity contribution is -0.155. The Morgan fingerprint density at radius 1 is 0.891 bits per heavy atom. The highest BCUT2D eigenvalue weighted by Gasteiger charge is 2.32. The first-order valence-corrected chi connectivity index (χ1v) is 20.5. The van der Waals surface area contributed by atoms with Crippen LogP contribution in [-0.4, -0.2) is 97.7 Å². The summed E-state index contributed by atoms with van der Waals surface area (Å²) in [7, 11) is -3.97. The summed E-state index contributed by atoms with van der Waals surface area (Å²) < 4.78 is 47.0. The molecular formula is C40H58N4O10S. The van der Waals surface area contributed by atoms with Crippen LogP contribution in [0.2, 0.25) is 0 Å². The molecule has 1 unspecified atom stereocenters. The number of likely N-dealkylation sites (tertiary alicyclic amines) is 2. The van der Waals surface area contributed by atoms with E-state index in [0.29, 0.717) is 62.5 Å². The largest absolute Gasteiger partial charge is 0.490 e. The molecule has 304 valence electrons. The van der Waals surface area contributed by atoms with Gasteiger partial charge in [0.05, 0.1) is 29.5 Å². The fraction of sp³-hybridized carbons (Fsp3) is 0.625. The molecule has 0 bridgehead atoms. The summed E-state index contributed by atoms with van der Waals surface area (Å²) in [5, 5.41) is 3.01. The molecule has 1 aromatic heterocycles. The third kappa shape index (κ3) is 14.4. The second-order valence-corrected chi connectivity index (χ2v) is 18.0. The monoisotopic (exact) mass is 786 g/mol. The van der Waals surface area contributed by atoms with Crippen LogP contribution in [0.4, 0.5) is 4.79 Å². The Kier molecular flexibility index (Phi) is 15.1. The SMILES string of the molecule is Cc1ccc(S(=O)(=O)OCCOc2cncc(C(CC(=O)OC(C)(C)C)NC(=O)[C@@H]3CCCN(C(=O)CCC4CCN(C(=O)OC(C)(C)C)CC4)C3)c2)cc1. The van der Waals surface area contributed by atoms with Gasteiger partial charge in [-0.15, -0.1) is 0 Å². The van der Waals surface area contributed by atoms with Gasteiger partial charge < -0.3 is 29.3 Å². The fourth-order valence-corrected chi connectivity index (χ4v) is 7.40. The predicted molar refractivity (Wildman–Crippen MR) is 204 cm³/mol. The minimum atomic E-state index is -3.97. The van der Waals surface area contributed by atoms with Gasteiger partial charge in [-0.3, -0.25) is 23.6 Å². The van der Waals surface area contributed by atoms with E-state index < -0.39 is 39.2 Å². The van der Waals surface area contributed by atoms with Crippen molar-refractivity contribution in [2.24, 2.45) is 11.8 Å². The highest BCUT2D eigenvalue weighted by molar-refractivity contribution is 7.86. The minimum Gasteiger partial charge on any atom is -0.490 e. The molecule has 2 fully saturated rings. The second kappa shape index (κ2) is 19.1. The fourth-order valence-electron chi connectivity index (χ4n) is 6.51. The molecule has 2 saturated heterocycles. The Labute approximate surface area is 325 Å². The number of nitrogens with one attached hydrogen (secondary N) is 1. The number of nitrogens with zero attached hydrogens (tertiary/aromatic N) is 3. The van der Waals surface area contributed by atoms with Crippen molar-refractivity contribution in [3.8, 4) is 5.75 Å². The number of amides is 3. The number of piperidine rings is 2. The number of aryl methyl sites for hydroxylation is 1. The molecule has 2 aliphatic rings. The zero-order chi connectivity index (χ0) is 40.4.